The van der Waals surface area contributed by atoms with Crippen LogP contribution in [-0.2, 0) is 11.3 Å². The van der Waals surface area contributed by atoms with Crippen molar-refractivity contribution in [1.29, 1.82) is 0 Å². The molecule has 5 heteroatoms. The Kier molecular flexibility index (Phi) is 4.58. The van der Waals surface area contributed by atoms with Crippen LogP contribution in [0.2, 0.25) is 0 Å². The summed E-state index contributed by atoms with van der Waals surface area (Å²) < 4.78 is 5.15. The summed E-state index contributed by atoms with van der Waals surface area (Å²) in [6.45, 7) is 4.96. The minimum absolute atomic E-state index is 0.446. The summed E-state index contributed by atoms with van der Waals surface area (Å²) in [7, 11) is 3.55. The van der Waals surface area contributed by atoms with Gasteiger partial charge in [-0.05, 0) is 26.2 Å². The number of methoxy groups -OCH3 is 1. The standard InChI is InChI=1S/C14H24N4O/c1-5-11-7-6-10(2)18(11)14-8-12(15-3)16-13(17-14)9-19-4/h8,10-11H,5-7,9H2,1-4H3,(H,15,16,17). The second-order valence-corrected chi connectivity index (χ2v) is 5.11. The molecule has 2 unspecified atom stereocenters. The molecule has 0 aromatic carbocycles. The van der Waals surface area contributed by atoms with Crippen molar-refractivity contribution < 1.29 is 4.74 Å². The lowest BCUT2D eigenvalue weighted by Gasteiger charge is -2.29. The van der Waals surface area contributed by atoms with Gasteiger partial charge in [-0.2, -0.15) is 0 Å². The number of anilines is 2. The molecule has 0 bridgehead atoms. The van der Waals surface area contributed by atoms with Gasteiger partial charge in [-0.3, -0.25) is 0 Å². The molecule has 2 rings (SSSR count). The zero-order valence-corrected chi connectivity index (χ0v) is 12.3. The first-order chi connectivity index (χ1) is 9.19. The first kappa shape index (κ1) is 14.1. The molecule has 0 amide bonds. The molecule has 1 aromatic heterocycles. The monoisotopic (exact) mass is 264 g/mol. The number of nitrogens with zero attached hydrogens (tertiary/aromatic N) is 3. The Labute approximate surface area is 115 Å². The van der Waals surface area contributed by atoms with Gasteiger partial charge in [-0.25, -0.2) is 9.97 Å². The second-order valence-electron chi connectivity index (χ2n) is 5.11. The first-order valence-corrected chi connectivity index (χ1v) is 7.02. The van der Waals surface area contributed by atoms with E-state index >= 15 is 0 Å². The fraction of sp³-hybridized carbons (Fsp3) is 0.714. The van der Waals surface area contributed by atoms with Crippen molar-refractivity contribution in [2.24, 2.45) is 0 Å². The van der Waals surface area contributed by atoms with E-state index in [4.69, 9.17) is 4.74 Å². The van der Waals surface area contributed by atoms with Crippen LogP contribution >= 0.6 is 0 Å². The molecule has 0 saturated carbocycles. The third kappa shape index (κ3) is 2.97. The van der Waals surface area contributed by atoms with E-state index in [2.05, 4.69) is 34.0 Å². The average Bonchev–Trinajstić information content (AvgIpc) is 2.79. The minimum atomic E-state index is 0.446. The van der Waals surface area contributed by atoms with E-state index in [0.717, 1.165) is 23.9 Å². The molecule has 0 radical (unpaired) electrons. The minimum Gasteiger partial charge on any atom is -0.377 e. The molecule has 2 heterocycles. The third-order valence-electron chi connectivity index (χ3n) is 3.81. The maximum absolute atomic E-state index is 5.15. The molecule has 1 aliphatic rings. The molecule has 19 heavy (non-hydrogen) atoms. The van der Waals surface area contributed by atoms with Crippen molar-refractivity contribution in [3.63, 3.8) is 0 Å². The summed E-state index contributed by atoms with van der Waals surface area (Å²) in [6, 6.07) is 3.16. The number of hydrogen-bond donors (Lipinski definition) is 1. The van der Waals surface area contributed by atoms with Gasteiger partial charge >= 0.3 is 0 Å². The Bertz CT molecular complexity index is 424. The van der Waals surface area contributed by atoms with Gasteiger partial charge in [0.25, 0.3) is 0 Å². The van der Waals surface area contributed by atoms with Crippen LogP contribution in [0.3, 0.4) is 0 Å². The first-order valence-electron chi connectivity index (χ1n) is 7.02. The maximum Gasteiger partial charge on any atom is 0.158 e. The van der Waals surface area contributed by atoms with Gasteiger partial charge in [-0.1, -0.05) is 6.92 Å². The molecule has 1 aliphatic heterocycles. The topological polar surface area (TPSA) is 50.3 Å². The average molecular weight is 264 g/mol. The van der Waals surface area contributed by atoms with Crippen molar-refractivity contribution in [3.05, 3.63) is 11.9 Å². The van der Waals surface area contributed by atoms with Crippen molar-refractivity contribution in [3.8, 4) is 0 Å². The number of rotatable bonds is 5. The Morgan fingerprint density at radius 3 is 2.84 bits per heavy atom. The molecular weight excluding hydrogens is 240 g/mol. The van der Waals surface area contributed by atoms with E-state index in [1.165, 1.54) is 12.8 Å². The van der Waals surface area contributed by atoms with Gasteiger partial charge in [0, 0.05) is 32.3 Å². The fourth-order valence-corrected chi connectivity index (χ4v) is 2.82. The molecule has 1 aromatic rings. The smallest absolute Gasteiger partial charge is 0.158 e. The van der Waals surface area contributed by atoms with Crippen molar-refractivity contribution >= 4 is 11.6 Å². The van der Waals surface area contributed by atoms with E-state index in [1.54, 1.807) is 7.11 Å². The van der Waals surface area contributed by atoms with Gasteiger partial charge in [0.15, 0.2) is 5.82 Å². The van der Waals surface area contributed by atoms with Crippen LogP contribution < -0.4 is 10.2 Å². The zero-order chi connectivity index (χ0) is 13.8. The molecule has 1 N–H and O–H groups in total. The molecule has 106 valence electrons. The highest BCUT2D eigenvalue weighted by molar-refractivity contribution is 5.51. The zero-order valence-electron chi connectivity index (χ0n) is 12.3. The highest BCUT2D eigenvalue weighted by Crippen LogP contribution is 2.31. The van der Waals surface area contributed by atoms with E-state index < -0.39 is 0 Å². The van der Waals surface area contributed by atoms with Gasteiger partial charge < -0.3 is 15.0 Å². The highest BCUT2D eigenvalue weighted by Gasteiger charge is 2.30. The van der Waals surface area contributed by atoms with Crippen molar-refractivity contribution in [1.82, 2.24) is 9.97 Å². The SMILES string of the molecule is CCC1CCC(C)N1c1cc(NC)nc(COC)n1. The van der Waals surface area contributed by atoms with E-state index in [0.29, 0.717) is 18.7 Å². The van der Waals surface area contributed by atoms with Crippen LogP contribution in [0.1, 0.15) is 38.9 Å². The van der Waals surface area contributed by atoms with Crippen LogP contribution in [0.5, 0.6) is 0 Å². The number of ether oxygens (including phenoxy) is 1. The predicted octanol–water partition coefficient (Wildman–Crippen LogP) is 2.43. The maximum atomic E-state index is 5.15. The van der Waals surface area contributed by atoms with E-state index in [-0.39, 0.29) is 0 Å². The van der Waals surface area contributed by atoms with E-state index in [1.807, 2.05) is 13.1 Å². The third-order valence-corrected chi connectivity index (χ3v) is 3.81. The number of aromatic nitrogens is 2. The Morgan fingerprint density at radius 1 is 1.42 bits per heavy atom. The van der Waals surface area contributed by atoms with Gasteiger partial charge in [0.1, 0.15) is 18.2 Å². The molecule has 0 aliphatic carbocycles. The molecule has 1 fully saturated rings. The molecule has 1 saturated heterocycles. The summed E-state index contributed by atoms with van der Waals surface area (Å²) in [4.78, 5) is 11.5. The lowest BCUT2D eigenvalue weighted by atomic mass is 10.1. The summed E-state index contributed by atoms with van der Waals surface area (Å²) in [5.41, 5.74) is 0. The normalized spacial score (nSPS) is 22.8. The Balaban J connectivity index is 2.34. The summed E-state index contributed by atoms with van der Waals surface area (Å²) in [6.07, 6.45) is 3.63. The lowest BCUT2D eigenvalue weighted by molar-refractivity contribution is 0.178. The summed E-state index contributed by atoms with van der Waals surface area (Å²) in [5.74, 6) is 2.60. The Hall–Kier alpha value is -1.36. The summed E-state index contributed by atoms with van der Waals surface area (Å²) >= 11 is 0. The molecule has 5 nitrogen and oxygen atoms in total. The van der Waals surface area contributed by atoms with E-state index in [9.17, 15) is 0 Å². The Morgan fingerprint density at radius 2 is 2.21 bits per heavy atom. The largest absolute Gasteiger partial charge is 0.377 e. The van der Waals surface area contributed by atoms with Crippen molar-refractivity contribution in [2.45, 2.75) is 51.8 Å². The highest BCUT2D eigenvalue weighted by atomic mass is 16.5. The molecule has 2 atom stereocenters. The van der Waals surface area contributed by atoms with Crippen LogP contribution in [0.15, 0.2) is 6.07 Å². The van der Waals surface area contributed by atoms with Crippen molar-refractivity contribution in [2.75, 3.05) is 24.4 Å². The molecular formula is C14H24N4O. The van der Waals surface area contributed by atoms with Crippen LogP contribution in [0, 0.1) is 0 Å². The van der Waals surface area contributed by atoms with Crippen LogP contribution in [0.4, 0.5) is 11.6 Å². The van der Waals surface area contributed by atoms with Crippen LogP contribution in [0.25, 0.3) is 0 Å². The quantitative estimate of drug-likeness (QED) is 0.885. The lowest BCUT2D eigenvalue weighted by Crippen LogP contribution is -2.35. The number of nitrogens with one attached hydrogen (secondary N) is 1. The predicted molar refractivity (Wildman–Crippen MR) is 77.5 cm³/mol. The fourth-order valence-electron chi connectivity index (χ4n) is 2.82. The molecule has 0 spiro atoms. The van der Waals surface area contributed by atoms with Gasteiger partial charge in [0.2, 0.25) is 0 Å². The second kappa shape index (κ2) is 6.19. The van der Waals surface area contributed by atoms with Gasteiger partial charge in [-0.15, -0.1) is 0 Å². The number of hydrogen-bond acceptors (Lipinski definition) is 5. The van der Waals surface area contributed by atoms with Gasteiger partial charge in [0.05, 0.1) is 0 Å². The summed E-state index contributed by atoms with van der Waals surface area (Å²) in [5, 5.41) is 3.10. The van der Waals surface area contributed by atoms with Crippen LogP contribution in [-0.4, -0.2) is 36.2 Å².